The molecule has 2 rings (SSSR count). The van der Waals surface area contributed by atoms with Crippen molar-refractivity contribution in [1.29, 1.82) is 0 Å². The van der Waals surface area contributed by atoms with E-state index in [0.717, 1.165) is 19.6 Å². The van der Waals surface area contributed by atoms with Gasteiger partial charge in [-0.25, -0.2) is 8.42 Å². The van der Waals surface area contributed by atoms with Gasteiger partial charge in [0.2, 0.25) is 0 Å². The summed E-state index contributed by atoms with van der Waals surface area (Å²) in [5.74, 6) is 0.706. The molecule has 0 radical (unpaired) electrons. The molecule has 28 heavy (non-hydrogen) atoms. The quantitative estimate of drug-likeness (QED) is 0.280. The van der Waals surface area contributed by atoms with E-state index in [-0.39, 0.29) is 41.2 Å². The van der Waals surface area contributed by atoms with Crippen LogP contribution in [0, 0.1) is 5.41 Å². The highest BCUT2D eigenvalue weighted by atomic mass is 127. The number of halogens is 1. The molecular formula is C20H34IN3O3S. The summed E-state index contributed by atoms with van der Waals surface area (Å²) < 4.78 is 30.5. The first kappa shape index (κ1) is 25.2. The van der Waals surface area contributed by atoms with Crippen LogP contribution in [0.25, 0.3) is 0 Å². The molecule has 1 aromatic rings. The van der Waals surface area contributed by atoms with Gasteiger partial charge in [-0.15, -0.1) is 24.0 Å². The summed E-state index contributed by atoms with van der Waals surface area (Å²) in [6.07, 6.45) is 5.37. The van der Waals surface area contributed by atoms with Crippen LogP contribution >= 0.6 is 24.0 Å². The van der Waals surface area contributed by atoms with Crippen molar-refractivity contribution in [2.45, 2.75) is 50.0 Å². The van der Waals surface area contributed by atoms with Gasteiger partial charge in [-0.2, -0.15) is 0 Å². The fraction of sp³-hybridized carbons (Fsp3) is 0.650. The lowest BCUT2D eigenvalue weighted by molar-refractivity contribution is 0.0732. The van der Waals surface area contributed by atoms with Gasteiger partial charge in [-0.1, -0.05) is 31.5 Å². The highest BCUT2D eigenvalue weighted by molar-refractivity contribution is 14.0. The van der Waals surface area contributed by atoms with Gasteiger partial charge < -0.3 is 15.4 Å². The molecule has 160 valence electrons. The van der Waals surface area contributed by atoms with E-state index in [1.54, 1.807) is 38.4 Å². The van der Waals surface area contributed by atoms with Crippen LogP contribution in [0.3, 0.4) is 0 Å². The van der Waals surface area contributed by atoms with Crippen molar-refractivity contribution in [2.75, 3.05) is 33.1 Å². The number of rotatable bonds is 10. The molecule has 0 spiro atoms. The predicted octanol–water partition coefficient (Wildman–Crippen LogP) is 3.23. The van der Waals surface area contributed by atoms with E-state index < -0.39 is 9.84 Å². The van der Waals surface area contributed by atoms with Gasteiger partial charge in [0, 0.05) is 33.4 Å². The molecule has 1 aromatic carbocycles. The Morgan fingerprint density at radius 3 is 2.46 bits per heavy atom. The predicted molar refractivity (Wildman–Crippen MR) is 125 cm³/mol. The second-order valence-corrected chi connectivity index (χ2v) is 9.40. The Labute approximate surface area is 186 Å². The first-order chi connectivity index (χ1) is 12.9. The maximum atomic E-state index is 12.6. The molecule has 0 aromatic heterocycles. The summed E-state index contributed by atoms with van der Waals surface area (Å²) in [5, 5.41) is 6.68. The smallest absolute Gasteiger partial charge is 0.191 e. The molecule has 1 unspecified atom stereocenters. The molecule has 1 saturated carbocycles. The lowest BCUT2D eigenvalue weighted by atomic mass is 9.67. The molecule has 2 N–H and O–H groups in total. The second-order valence-electron chi connectivity index (χ2n) is 7.37. The Balaban J connectivity index is 0.00000392. The first-order valence-electron chi connectivity index (χ1n) is 9.68. The highest BCUT2D eigenvalue weighted by Gasteiger charge is 2.36. The van der Waals surface area contributed by atoms with Gasteiger partial charge in [-0.3, -0.25) is 4.99 Å². The van der Waals surface area contributed by atoms with Gasteiger partial charge >= 0.3 is 0 Å². The normalized spacial score (nSPS) is 17.2. The number of nitrogens with one attached hydrogen (secondary N) is 2. The molecular weight excluding hydrogens is 489 g/mol. The molecule has 0 aliphatic heterocycles. The number of ether oxygens (including phenoxy) is 1. The van der Waals surface area contributed by atoms with Crippen LogP contribution in [0.5, 0.6) is 0 Å². The second kappa shape index (κ2) is 12.0. The Bertz CT molecular complexity index is 707. The fourth-order valence-electron chi connectivity index (χ4n) is 3.42. The minimum Gasteiger partial charge on any atom is -0.385 e. The van der Waals surface area contributed by atoms with E-state index in [9.17, 15) is 8.42 Å². The Morgan fingerprint density at radius 1 is 1.29 bits per heavy atom. The van der Waals surface area contributed by atoms with Crippen LogP contribution in [-0.2, 0) is 14.6 Å². The van der Waals surface area contributed by atoms with Crippen LogP contribution in [-0.4, -0.2) is 53.5 Å². The zero-order valence-electron chi connectivity index (χ0n) is 17.1. The molecule has 1 aliphatic rings. The molecule has 6 nitrogen and oxygen atoms in total. The standard InChI is InChI=1S/C20H33N3O3S.HI/c1-4-17(15-27(24,25)18-9-6-5-7-10-18)23-19(21-2)22-16-20(11-8-12-20)13-14-26-3;/h5-7,9-10,17H,4,8,11-16H2,1-3H3,(H2,21,22,23);1H. The largest absolute Gasteiger partial charge is 0.385 e. The molecule has 8 heteroatoms. The lowest BCUT2D eigenvalue weighted by Gasteiger charge is -2.42. The summed E-state index contributed by atoms with van der Waals surface area (Å²) in [4.78, 5) is 4.65. The summed E-state index contributed by atoms with van der Waals surface area (Å²) in [5.41, 5.74) is 0.269. The van der Waals surface area contributed by atoms with Gasteiger partial charge in [0.05, 0.1) is 10.6 Å². The van der Waals surface area contributed by atoms with Gasteiger partial charge in [0.25, 0.3) is 0 Å². The third-order valence-electron chi connectivity index (χ3n) is 5.46. The van der Waals surface area contributed by atoms with Crippen LogP contribution in [0.1, 0.15) is 39.0 Å². The van der Waals surface area contributed by atoms with Crippen molar-refractivity contribution in [3.05, 3.63) is 30.3 Å². The fourth-order valence-corrected chi connectivity index (χ4v) is 5.03. The van der Waals surface area contributed by atoms with E-state index in [0.29, 0.717) is 17.3 Å². The van der Waals surface area contributed by atoms with Crippen molar-refractivity contribution in [2.24, 2.45) is 10.4 Å². The lowest BCUT2D eigenvalue weighted by Crippen LogP contribution is -2.50. The van der Waals surface area contributed by atoms with Gasteiger partial charge in [0.15, 0.2) is 15.8 Å². The van der Waals surface area contributed by atoms with E-state index in [4.69, 9.17) is 4.74 Å². The van der Waals surface area contributed by atoms with Gasteiger partial charge in [-0.05, 0) is 43.2 Å². The third kappa shape index (κ3) is 7.18. The van der Waals surface area contributed by atoms with Crippen molar-refractivity contribution in [3.63, 3.8) is 0 Å². The number of benzene rings is 1. The van der Waals surface area contributed by atoms with Crippen molar-refractivity contribution >= 4 is 39.8 Å². The topological polar surface area (TPSA) is 79.8 Å². The van der Waals surface area contributed by atoms with E-state index >= 15 is 0 Å². The molecule has 0 amide bonds. The Hall–Kier alpha value is -0.870. The van der Waals surface area contributed by atoms with E-state index in [1.165, 1.54) is 19.3 Å². The summed E-state index contributed by atoms with van der Waals surface area (Å²) in [6.45, 7) is 3.58. The van der Waals surface area contributed by atoms with E-state index in [2.05, 4.69) is 15.6 Å². The molecule has 1 fully saturated rings. The van der Waals surface area contributed by atoms with E-state index in [1.807, 2.05) is 13.0 Å². The van der Waals surface area contributed by atoms with Gasteiger partial charge in [0.1, 0.15) is 0 Å². The molecule has 0 heterocycles. The maximum Gasteiger partial charge on any atom is 0.191 e. The minimum atomic E-state index is -3.34. The summed E-state index contributed by atoms with van der Waals surface area (Å²) >= 11 is 0. The minimum absolute atomic E-state index is 0. The number of aliphatic imine (C=N–C) groups is 1. The van der Waals surface area contributed by atoms with Crippen LogP contribution in [0.4, 0.5) is 0 Å². The molecule has 1 atom stereocenters. The molecule has 0 saturated heterocycles. The monoisotopic (exact) mass is 523 g/mol. The molecule has 1 aliphatic carbocycles. The third-order valence-corrected chi connectivity index (χ3v) is 7.29. The highest BCUT2D eigenvalue weighted by Crippen LogP contribution is 2.43. The number of methoxy groups -OCH3 is 1. The number of hydrogen-bond acceptors (Lipinski definition) is 4. The van der Waals surface area contributed by atoms with Crippen molar-refractivity contribution in [3.8, 4) is 0 Å². The van der Waals surface area contributed by atoms with Crippen LogP contribution in [0.15, 0.2) is 40.2 Å². The van der Waals surface area contributed by atoms with Crippen LogP contribution in [0.2, 0.25) is 0 Å². The number of nitrogens with zero attached hydrogens (tertiary/aromatic N) is 1. The van der Waals surface area contributed by atoms with Crippen molar-refractivity contribution < 1.29 is 13.2 Å². The zero-order valence-corrected chi connectivity index (χ0v) is 20.3. The average Bonchev–Trinajstić information content (AvgIpc) is 2.65. The first-order valence-corrected chi connectivity index (χ1v) is 11.3. The Morgan fingerprint density at radius 2 is 1.96 bits per heavy atom. The maximum absolute atomic E-state index is 12.6. The number of hydrogen-bond donors (Lipinski definition) is 2. The van der Waals surface area contributed by atoms with Crippen molar-refractivity contribution in [1.82, 2.24) is 10.6 Å². The zero-order chi connectivity index (χ0) is 19.8. The van der Waals surface area contributed by atoms with Crippen LogP contribution < -0.4 is 10.6 Å². The average molecular weight is 523 g/mol. The molecule has 0 bridgehead atoms. The summed E-state index contributed by atoms with van der Waals surface area (Å²) in [6, 6.07) is 8.41. The Kier molecular flexibility index (Phi) is 10.8. The number of guanidine groups is 1. The number of sulfone groups is 1. The SMILES string of the molecule is CCC(CS(=O)(=O)c1ccccc1)NC(=NC)NCC1(CCOC)CCC1.I. The summed E-state index contributed by atoms with van der Waals surface area (Å²) in [7, 11) is 0.118.